The zero-order valence-electron chi connectivity index (χ0n) is 33.0. The summed E-state index contributed by atoms with van der Waals surface area (Å²) in [5.41, 5.74) is 16.3. The minimum Gasteiger partial charge on any atom is -0.309 e. The Hall–Kier alpha value is -7.94. The van der Waals surface area contributed by atoms with Crippen LogP contribution in [0, 0.1) is 0 Å². The molecule has 0 unspecified atom stereocenters. The molecule has 0 radical (unpaired) electrons. The Morgan fingerprint density at radius 2 is 0.717 bits per heavy atom. The summed E-state index contributed by atoms with van der Waals surface area (Å²) >= 11 is 0. The Bertz CT molecular complexity index is 3270. The van der Waals surface area contributed by atoms with E-state index in [0.717, 1.165) is 33.9 Å². The number of para-hydroxylation sites is 3. The molecule has 2 nitrogen and oxygen atoms in total. The second kappa shape index (κ2) is 15.1. The van der Waals surface area contributed by atoms with E-state index in [1.165, 1.54) is 66.0 Å². The molecular formula is C58H40N2. The first kappa shape index (κ1) is 35.2. The van der Waals surface area contributed by atoms with Crippen LogP contribution in [0.5, 0.6) is 0 Å². The summed E-state index contributed by atoms with van der Waals surface area (Å²) in [6.07, 6.45) is 0. The molecule has 2 heteroatoms. The van der Waals surface area contributed by atoms with Crippen molar-refractivity contribution in [2.45, 2.75) is 0 Å². The first-order valence-corrected chi connectivity index (χ1v) is 20.6. The van der Waals surface area contributed by atoms with Gasteiger partial charge < -0.3 is 9.47 Å². The summed E-state index contributed by atoms with van der Waals surface area (Å²) in [4.78, 5) is 2.42. The predicted octanol–water partition coefficient (Wildman–Crippen LogP) is 16.1. The maximum absolute atomic E-state index is 2.42. The SMILES string of the molecule is c1ccc(-c2ccc(-c3ccc(N(c4ccccc4-c4ccccc4)c4ccccc4-c4ccc(-n5c6ccccc6c6cc7ccccc7cc65)cc4)cc3)cc2)cc1. The van der Waals surface area contributed by atoms with Gasteiger partial charge in [-0.2, -0.15) is 0 Å². The zero-order valence-corrected chi connectivity index (χ0v) is 33.0. The van der Waals surface area contributed by atoms with Gasteiger partial charge in [0.25, 0.3) is 0 Å². The summed E-state index contributed by atoms with van der Waals surface area (Å²) in [5.74, 6) is 0. The number of fused-ring (bicyclic) bond motifs is 4. The van der Waals surface area contributed by atoms with E-state index in [2.05, 4.69) is 252 Å². The molecule has 0 aliphatic carbocycles. The van der Waals surface area contributed by atoms with E-state index in [0.29, 0.717) is 0 Å². The molecule has 0 saturated carbocycles. The van der Waals surface area contributed by atoms with Crippen molar-refractivity contribution in [1.82, 2.24) is 4.57 Å². The summed E-state index contributed by atoms with van der Waals surface area (Å²) in [5, 5.41) is 5.02. The van der Waals surface area contributed by atoms with Gasteiger partial charge in [0.1, 0.15) is 0 Å². The lowest BCUT2D eigenvalue weighted by molar-refractivity contribution is 1.18. The van der Waals surface area contributed by atoms with Crippen LogP contribution in [-0.2, 0) is 0 Å². The Kier molecular flexibility index (Phi) is 8.87. The van der Waals surface area contributed by atoms with Gasteiger partial charge in [0.05, 0.1) is 22.4 Å². The third-order valence-electron chi connectivity index (χ3n) is 11.8. The highest BCUT2D eigenvalue weighted by Gasteiger charge is 2.21. The van der Waals surface area contributed by atoms with Crippen molar-refractivity contribution in [2.75, 3.05) is 4.90 Å². The highest BCUT2D eigenvalue weighted by Crippen LogP contribution is 2.45. The Morgan fingerprint density at radius 1 is 0.283 bits per heavy atom. The Balaban J connectivity index is 1.02. The van der Waals surface area contributed by atoms with E-state index < -0.39 is 0 Å². The smallest absolute Gasteiger partial charge is 0.0547 e. The Morgan fingerprint density at radius 3 is 1.33 bits per heavy atom. The van der Waals surface area contributed by atoms with Crippen LogP contribution in [0.1, 0.15) is 0 Å². The van der Waals surface area contributed by atoms with Crippen LogP contribution >= 0.6 is 0 Å². The van der Waals surface area contributed by atoms with Crippen LogP contribution in [0.4, 0.5) is 17.1 Å². The highest BCUT2D eigenvalue weighted by molar-refractivity contribution is 6.13. The fourth-order valence-electron chi connectivity index (χ4n) is 8.86. The van der Waals surface area contributed by atoms with Crippen LogP contribution < -0.4 is 4.90 Å². The topological polar surface area (TPSA) is 8.17 Å². The number of aromatic nitrogens is 1. The van der Waals surface area contributed by atoms with Gasteiger partial charge >= 0.3 is 0 Å². The highest BCUT2D eigenvalue weighted by atomic mass is 15.1. The number of benzene rings is 10. The molecule has 0 N–H and O–H groups in total. The molecule has 0 aliphatic rings. The molecule has 1 aromatic heterocycles. The van der Waals surface area contributed by atoms with Crippen molar-refractivity contribution >= 4 is 49.6 Å². The van der Waals surface area contributed by atoms with Crippen LogP contribution in [0.25, 0.3) is 82.8 Å². The quantitative estimate of drug-likeness (QED) is 0.150. The minimum atomic E-state index is 1.09. The molecular weight excluding hydrogens is 725 g/mol. The van der Waals surface area contributed by atoms with Gasteiger partial charge in [-0.05, 0) is 98.8 Å². The van der Waals surface area contributed by atoms with Gasteiger partial charge in [-0.3, -0.25) is 0 Å². The van der Waals surface area contributed by atoms with Gasteiger partial charge in [-0.1, -0.05) is 188 Å². The van der Waals surface area contributed by atoms with Gasteiger partial charge in [0.15, 0.2) is 0 Å². The van der Waals surface area contributed by atoms with Crippen molar-refractivity contribution in [3.63, 3.8) is 0 Å². The predicted molar refractivity (Wildman–Crippen MR) is 255 cm³/mol. The molecule has 0 atom stereocenters. The maximum Gasteiger partial charge on any atom is 0.0547 e. The molecule has 0 bridgehead atoms. The number of hydrogen-bond donors (Lipinski definition) is 0. The first-order chi connectivity index (χ1) is 29.8. The van der Waals surface area contributed by atoms with E-state index >= 15 is 0 Å². The van der Waals surface area contributed by atoms with E-state index in [-0.39, 0.29) is 0 Å². The molecule has 11 rings (SSSR count). The molecule has 0 fully saturated rings. The lowest BCUT2D eigenvalue weighted by Crippen LogP contribution is -2.12. The molecule has 282 valence electrons. The van der Waals surface area contributed by atoms with Crippen LogP contribution in [-0.4, -0.2) is 4.57 Å². The maximum atomic E-state index is 2.42. The molecule has 0 spiro atoms. The number of anilines is 3. The van der Waals surface area contributed by atoms with Gasteiger partial charge in [0, 0.05) is 33.3 Å². The van der Waals surface area contributed by atoms with E-state index in [1.54, 1.807) is 0 Å². The number of nitrogens with zero attached hydrogens (tertiary/aromatic N) is 2. The normalized spacial score (nSPS) is 11.3. The standard InChI is InChI=1S/C58H40N2/c1-3-15-41(16-4-1)42-27-29-43(30-28-42)44-31-35-49(36-32-44)59(55-24-12-9-21-51(55)45-17-5-2-6-18-45)56-25-13-10-22-52(56)46-33-37-50(38-34-46)60-57-26-14-11-23-53(57)54-39-47-19-7-8-20-48(47)40-58(54)60/h1-40H. The van der Waals surface area contributed by atoms with E-state index in [4.69, 9.17) is 0 Å². The molecule has 0 amide bonds. The second-order valence-corrected chi connectivity index (χ2v) is 15.3. The number of hydrogen-bond acceptors (Lipinski definition) is 1. The van der Waals surface area contributed by atoms with Crippen molar-refractivity contribution in [3.05, 3.63) is 243 Å². The van der Waals surface area contributed by atoms with Crippen LogP contribution in [0.3, 0.4) is 0 Å². The van der Waals surface area contributed by atoms with E-state index in [1.807, 2.05) is 0 Å². The molecule has 11 aromatic rings. The minimum absolute atomic E-state index is 1.09. The largest absolute Gasteiger partial charge is 0.309 e. The average molecular weight is 765 g/mol. The Labute approximate surface area is 350 Å². The van der Waals surface area contributed by atoms with Crippen molar-refractivity contribution in [1.29, 1.82) is 0 Å². The third-order valence-corrected chi connectivity index (χ3v) is 11.8. The van der Waals surface area contributed by atoms with E-state index in [9.17, 15) is 0 Å². The fraction of sp³-hybridized carbons (Fsp3) is 0. The lowest BCUT2D eigenvalue weighted by atomic mass is 9.97. The third kappa shape index (κ3) is 6.32. The lowest BCUT2D eigenvalue weighted by Gasteiger charge is -2.30. The average Bonchev–Trinajstić information content (AvgIpc) is 3.65. The zero-order chi connectivity index (χ0) is 39.8. The first-order valence-electron chi connectivity index (χ1n) is 20.6. The summed E-state index contributed by atoms with van der Waals surface area (Å²) < 4.78 is 2.41. The monoisotopic (exact) mass is 764 g/mol. The second-order valence-electron chi connectivity index (χ2n) is 15.3. The van der Waals surface area contributed by atoms with Gasteiger partial charge in [-0.25, -0.2) is 0 Å². The fourth-order valence-corrected chi connectivity index (χ4v) is 8.86. The van der Waals surface area contributed by atoms with Crippen LogP contribution in [0.15, 0.2) is 243 Å². The van der Waals surface area contributed by atoms with Crippen molar-refractivity contribution < 1.29 is 0 Å². The van der Waals surface area contributed by atoms with Crippen LogP contribution in [0.2, 0.25) is 0 Å². The van der Waals surface area contributed by atoms with Crippen molar-refractivity contribution in [3.8, 4) is 50.2 Å². The van der Waals surface area contributed by atoms with Gasteiger partial charge in [-0.15, -0.1) is 0 Å². The van der Waals surface area contributed by atoms with Crippen molar-refractivity contribution in [2.24, 2.45) is 0 Å². The number of rotatable bonds is 8. The molecule has 0 saturated heterocycles. The van der Waals surface area contributed by atoms with Gasteiger partial charge in [0.2, 0.25) is 0 Å². The summed E-state index contributed by atoms with van der Waals surface area (Å²) in [6, 6.07) is 87.8. The molecule has 1 heterocycles. The molecule has 60 heavy (non-hydrogen) atoms. The molecule has 10 aromatic carbocycles. The summed E-state index contributed by atoms with van der Waals surface area (Å²) in [7, 11) is 0. The molecule has 0 aliphatic heterocycles. The summed E-state index contributed by atoms with van der Waals surface area (Å²) in [6.45, 7) is 0.